The van der Waals surface area contributed by atoms with Crippen LogP contribution in [0, 0.1) is 0 Å². The van der Waals surface area contributed by atoms with Crippen molar-refractivity contribution < 1.29 is 23.0 Å². The molecule has 0 amide bonds. The molecular formula is C10H10BrF2NO3. The van der Waals surface area contributed by atoms with Crippen LogP contribution >= 0.6 is 15.9 Å². The molecule has 0 unspecified atom stereocenters. The van der Waals surface area contributed by atoms with Crippen LogP contribution in [0.4, 0.5) is 8.78 Å². The van der Waals surface area contributed by atoms with Gasteiger partial charge in [-0.25, -0.2) is 13.6 Å². The third-order valence-corrected chi connectivity index (χ3v) is 2.51. The highest BCUT2D eigenvalue weighted by Crippen LogP contribution is 2.34. The second kappa shape index (κ2) is 5.90. The van der Waals surface area contributed by atoms with E-state index in [1.54, 1.807) is 6.92 Å². The summed E-state index contributed by atoms with van der Waals surface area (Å²) in [4.78, 5) is 15.1. The van der Waals surface area contributed by atoms with Crippen LogP contribution in [0.25, 0.3) is 0 Å². The molecule has 0 fully saturated rings. The monoisotopic (exact) mass is 309 g/mol. The van der Waals surface area contributed by atoms with Crippen LogP contribution in [-0.2, 0) is 4.74 Å². The first-order valence-corrected chi connectivity index (χ1v) is 5.49. The minimum atomic E-state index is -2.83. The molecule has 0 aliphatic heterocycles. The molecule has 1 aromatic rings. The average Bonchev–Trinajstić information content (AvgIpc) is 2.28. The molecule has 0 aliphatic carbocycles. The van der Waals surface area contributed by atoms with E-state index in [4.69, 9.17) is 9.47 Å². The Morgan fingerprint density at radius 2 is 2.24 bits per heavy atom. The van der Waals surface area contributed by atoms with Crippen LogP contribution in [0.15, 0.2) is 10.7 Å². The molecule has 7 heteroatoms. The van der Waals surface area contributed by atoms with Gasteiger partial charge < -0.3 is 9.47 Å². The van der Waals surface area contributed by atoms with E-state index in [0.29, 0.717) is 0 Å². The molecule has 0 spiro atoms. The van der Waals surface area contributed by atoms with Gasteiger partial charge in [-0.2, -0.15) is 0 Å². The number of ether oxygens (including phenoxy) is 2. The maximum Gasteiger partial charge on any atom is 0.343 e. The molecule has 0 atom stereocenters. The number of aromatic nitrogens is 1. The highest BCUT2D eigenvalue weighted by Gasteiger charge is 2.26. The molecule has 0 aromatic carbocycles. The SMILES string of the molecule is CCOC(=O)c1c(Br)cnc(C(F)F)c1OC. The topological polar surface area (TPSA) is 48.4 Å². The first-order chi connectivity index (χ1) is 8.02. The number of carbonyl (C=O) groups is 1. The minimum Gasteiger partial charge on any atom is -0.494 e. The van der Waals surface area contributed by atoms with Gasteiger partial charge in [-0.1, -0.05) is 0 Å². The lowest BCUT2D eigenvalue weighted by atomic mass is 10.2. The summed E-state index contributed by atoms with van der Waals surface area (Å²) in [6.45, 7) is 1.76. The van der Waals surface area contributed by atoms with Crippen molar-refractivity contribution in [2.24, 2.45) is 0 Å². The molecule has 0 radical (unpaired) electrons. The first-order valence-electron chi connectivity index (χ1n) is 4.70. The van der Waals surface area contributed by atoms with Gasteiger partial charge in [0.05, 0.1) is 18.2 Å². The summed E-state index contributed by atoms with van der Waals surface area (Å²) in [5.74, 6) is -1.01. The molecule has 1 heterocycles. The number of nitrogens with zero attached hydrogens (tertiary/aromatic N) is 1. The summed E-state index contributed by atoms with van der Waals surface area (Å²) >= 11 is 3.05. The Labute approximate surface area is 105 Å². The van der Waals surface area contributed by atoms with Crippen molar-refractivity contribution in [1.29, 1.82) is 0 Å². The summed E-state index contributed by atoms with van der Waals surface area (Å²) in [6.07, 6.45) is -1.71. The Balaban J connectivity index is 3.35. The van der Waals surface area contributed by atoms with E-state index < -0.39 is 18.1 Å². The largest absolute Gasteiger partial charge is 0.494 e. The molecule has 17 heavy (non-hydrogen) atoms. The second-order valence-corrected chi connectivity index (χ2v) is 3.78. The van der Waals surface area contributed by atoms with Crippen molar-refractivity contribution in [2.75, 3.05) is 13.7 Å². The second-order valence-electron chi connectivity index (χ2n) is 2.92. The van der Waals surface area contributed by atoms with E-state index in [0.717, 1.165) is 6.20 Å². The Kier molecular flexibility index (Phi) is 4.80. The van der Waals surface area contributed by atoms with Crippen LogP contribution < -0.4 is 4.74 Å². The molecule has 4 nitrogen and oxygen atoms in total. The van der Waals surface area contributed by atoms with Gasteiger partial charge in [-0.05, 0) is 22.9 Å². The minimum absolute atomic E-state index is 0.0837. The summed E-state index contributed by atoms with van der Waals surface area (Å²) in [6, 6.07) is 0. The zero-order valence-electron chi connectivity index (χ0n) is 9.17. The van der Waals surface area contributed by atoms with Crippen molar-refractivity contribution in [1.82, 2.24) is 4.98 Å². The lowest BCUT2D eigenvalue weighted by Gasteiger charge is -2.12. The van der Waals surface area contributed by atoms with Gasteiger partial charge in [0.25, 0.3) is 6.43 Å². The fraction of sp³-hybridized carbons (Fsp3) is 0.400. The number of pyridine rings is 1. The maximum absolute atomic E-state index is 12.7. The number of hydrogen-bond donors (Lipinski definition) is 0. The van der Waals surface area contributed by atoms with Crippen LogP contribution in [0.3, 0.4) is 0 Å². The lowest BCUT2D eigenvalue weighted by Crippen LogP contribution is -2.10. The Morgan fingerprint density at radius 3 is 2.71 bits per heavy atom. The Hall–Kier alpha value is -1.24. The fourth-order valence-electron chi connectivity index (χ4n) is 1.24. The molecule has 0 saturated carbocycles. The van der Waals surface area contributed by atoms with Crippen LogP contribution in [0.5, 0.6) is 5.75 Å². The Bertz CT molecular complexity index is 426. The number of carbonyl (C=O) groups excluding carboxylic acids is 1. The molecule has 1 rings (SSSR count). The predicted octanol–water partition coefficient (Wildman–Crippen LogP) is 2.97. The van der Waals surface area contributed by atoms with Crippen molar-refractivity contribution >= 4 is 21.9 Å². The van der Waals surface area contributed by atoms with Gasteiger partial charge >= 0.3 is 5.97 Å². The van der Waals surface area contributed by atoms with Crippen molar-refractivity contribution in [3.63, 3.8) is 0 Å². The van der Waals surface area contributed by atoms with E-state index in [-0.39, 0.29) is 22.4 Å². The van der Waals surface area contributed by atoms with Crippen molar-refractivity contribution in [3.05, 3.63) is 21.9 Å². The summed E-state index contributed by atoms with van der Waals surface area (Å²) in [5, 5.41) is 0. The normalized spacial score (nSPS) is 10.5. The molecule has 1 aromatic heterocycles. The van der Waals surface area contributed by atoms with Crippen LogP contribution in [0.2, 0.25) is 0 Å². The number of methoxy groups -OCH3 is 1. The quantitative estimate of drug-likeness (QED) is 0.802. The number of esters is 1. The third kappa shape index (κ3) is 2.91. The van der Waals surface area contributed by atoms with Gasteiger partial charge in [0.1, 0.15) is 11.3 Å². The number of alkyl halides is 2. The van der Waals surface area contributed by atoms with Gasteiger partial charge in [0.15, 0.2) is 5.75 Å². The molecule has 0 bridgehead atoms. The van der Waals surface area contributed by atoms with Crippen molar-refractivity contribution in [3.8, 4) is 5.75 Å². The number of rotatable bonds is 4. The summed E-state index contributed by atoms with van der Waals surface area (Å²) in [5.41, 5.74) is -0.668. The van der Waals surface area contributed by atoms with E-state index in [1.165, 1.54) is 7.11 Å². The van der Waals surface area contributed by atoms with E-state index in [2.05, 4.69) is 20.9 Å². The molecule has 0 aliphatic rings. The van der Waals surface area contributed by atoms with E-state index in [1.807, 2.05) is 0 Å². The fourth-order valence-corrected chi connectivity index (χ4v) is 1.69. The maximum atomic E-state index is 12.7. The average molecular weight is 310 g/mol. The summed E-state index contributed by atoms with van der Waals surface area (Å²) < 4.78 is 35.2. The van der Waals surface area contributed by atoms with Gasteiger partial charge in [-0.3, -0.25) is 4.98 Å². The third-order valence-electron chi connectivity index (χ3n) is 1.91. The standard InChI is InChI=1S/C10H10BrF2NO3/c1-3-17-10(15)6-5(11)4-14-7(9(12)13)8(6)16-2/h4,9H,3H2,1-2H3. The van der Waals surface area contributed by atoms with Crippen LogP contribution in [-0.4, -0.2) is 24.7 Å². The molecule has 0 N–H and O–H groups in total. The molecule has 94 valence electrons. The number of halogens is 3. The smallest absolute Gasteiger partial charge is 0.343 e. The van der Waals surface area contributed by atoms with Gasteiger partial charge in [0, 0.05) is 6.20 Å². The van der Waals surface area contributed by atoms with Gasteiger partial charge in [-0.15, -0.1) is 0 Å². The Morgan fingerprint density at radius 1 is 1.59 bits per heavy atom. The van der Waals surface area contributed by atoms with E-state index in [9.17, 15) is 13.6 Å². The first kappa shape index (κ1) is 13.8. The molecule has 0 saturated heterocycles. The van der Waals surface area contributed by atoms with E-state index >= 15 is 0 Å². The highest BCUT2D eigenvalue weighted by molar-refractivity contribution is 9.10. The van der Waals surface area contributed by atoms with Crippen molar-refractivity contribution in [2.45, 2.75) is 13.3 Å². The van der Waals surface area contributed by atoms with Crippen LogP contribution in [0.1, 0.15) is 29.4 Å². The lowest BCUT2D eigenvalue weighted by molar-refractivity contribution is 0.0520. The molecular weight excluding hydrogens is 300 g/mol. The van der Waals surface area contributed by atoms with Gasteiger partial charge in [0.2, 0.25) is 0 Å². The zero-order valence-corrected chi connectivity index (χ0v) is 10.8. The summed E-state index contributed by atoms with van der Waals surface area (Å²) in [7, 11) is 1.19. The number of hydrogen-bond acceptors (Lipinski definition) is 4. The zero-order chi connectivity index (χ0) is 13.0. The highest BCUT2D eigenvalue weighted by atomic mass is 79.9. The predicted molar refractivity (Wildman–Crippen MR) is 59.4 cm³/mol.